The van der Waals surface area contributed by atoms with Crippen LogP contribution in [0.1, 0.15) is 17.1 Å². The Labute approximate surface area is 170 Å². The van der Waals surface area contributed by atoms with Gasteiger partial charge < -0.3 is 4.42 Å². The molecule has 146 valence electrons. The van der Waals surface area contributed by atoms with Crippen LogP contribution in [-0.2, 0) is 4.79 Å². The molecule has 2 aromatic heterocycles. The third kappa shape index (κ3) is 4.20. The van der Waals surface area contributed by atoms with Crippen molar-refractivity contribution >= 4 is 29.3 Å². The number of aromatic nitrogens is 1. The molecule has 3 aromatic rings. The van der Waals surface area contributed by atoms with Crippen LogP contribution in [0.3, 0.4) is 0 Å². The van der Waals surface area contributed by atoms with Crippen LogP contribution < -0.4 is 5.43 Å². The van der Waals surface area contributed by atoms with E-state index in [1.54, 1.807) is 16.8 Å². The van der Waals surface area contributed by atoms with E-state index in [0.29, 0.717) is 11.3 Å². The van der Waals surface area contributed by atoms with Crippen molar-refractivity contribution in [3.63, 3.8) is 0 Å². The zero-order valence-corrected chi connectivity index (χ0v) is 16.2. The number of halogens is 1. The van der Waals surface area contributed by atoms with E-state index in [-0.39, 0.29) is 22.0 Å². The van der Waals surface area contributed by atoms with E-state index in [4.69, 9.17) is 16.0 Å². The number of carbonyl (C=O) groups excluding carboxylic acids is 1. The number of nitro groups is 1. The van der Waals surface area contributed by atoms with Crippen molar-refractivity contribution in [3.05, 3.63) is 80.3 Å². The SMILES string of the molecule is Cc1ccc(C)n1NC(=O)/C(C#N)=C\c1ccc(-c2ccc([N+](=O)[O-])cc2Cl)o1. The Balaban J connectivity index is 1.85. The Kier molecular flexibility index (Phi) is 5.52. The molecule has 3 rings (SSSR count). The van der Waals surface area contributed by atoms with Gasteiger partial charge in [0.1, 0.15) is 23.2 Å². The van der Waals surface area contributed by atoms with E-state index in [2.05, 4.69) is 5.43 Å². The second-order valence-corrected chi connectivity index (χ2v) is 6.59. The number of hydrogen-bond donors (Lipinski definition) is 1. The molecule has 0 aliphatic rings. The number of furan rings is 1. The first-order valence-corrected chi connectivity index (χ1v) is 8.80. The highest BCUT2D eigenvalue weighted by Crippen LogP contribution is 2.32. The van der Waals surface area contributed by atoms with Gasteiger partial charge in [0.2, 0.25) is 0 Å². The summed E-state index contributed by atoms with van der Waals surface area (Å²) < 4.78 is 7.23. The Morgan fingerprint density at radius 2 is 1.93 bits per heavy atom. The maximum absolute atomic E-state index is 12.4. The third-order valence-electron chi connectivity index (χ3n) is 4.19. The lowest BCUT2D eigenvalue weighted by molar-refractivity contribution is -0.384. The molecule has 0 saturated carbocycles. The number of non-ortho nitro benzene ring substituents is 1. The second-order valence-electron chi connectivity index (χ2n) is 6.19. The molecule has 0 aliphatic carbocycles. The van der Waals surface area contributed by atoms with E-state index < -0.39 is 10.8 Å². The lowest BCUT2D eigenvalue weighted by atomic mass is 10.1. The van der Waals surface area contributed by atoms with Crippen LogP contribution in [0.4, 0.5) is 5.69 Å². The smallest absolute Gasteiger partial charge is 0.280 e. The fourth-order valence-corrected chi connectivity index (χ4v) is 2.96. The molecule has 0 aliphatic heterocycles. The van der Waals surface area contributed by atoms with Crippen molar-refractivity contribution < 1.29 is 14.1 Å². The number of nitrogens with zero attached hydrogens (tertiary/aromatic N) is 3. The van der Waals surface area contributed by atoms with E-state index in [1.807, 2.05) is 32.0 Å². The summed E-state index contributed by atoms with van der Waals surface area (Å²) in [5.41, 5.74) is 4.47. The number of rotatable bonds is 5. The average molecular weight is 411 g/mol. The lowest BCUT2D eigenvalue weighted by Crippen LogP contribution is -2.25. The highest BCUT2D eigenvalue weighted by Gasteiger charge is 2.15. The van der Waals surface area contributed by atoms with Gasteiger partial charge >= 0.3 is 0 Å². The van der Waals surface area contributed by atoms with Crippen molar-refractivity contribution in [2.75, 3.05) is 5.43 Å². The van der Waals surface area contributed by atoms with Crippen molar-refractivity contribution in [1.82, 2.24) is 4.68 Å². The molecule has 1 N–H and O–H groups in total. The minimum Gasteiger partial charge on any atom is -0.457 e. The van der Waals surface area contributed by atoms with Crippen LogP contribution in [-0.4, -0.2) is 15.5 Å². The molecular formula is C20H15ClN4O4. The molecule has 0 fully saturated rings. The topological polar surface area (TPSA) is 114 Å². The van der Waals surface area contributed by atoms with Crippen LogP contribution in [0.2, 0.25) is 5.02 Å². The quantitative estimate of drug-likeness (QED) is 0.285. The van der Waals surface area contributed by atoms with E-state index in [1.165, 1.54) is 24.3 Å². The summed E-state index contributed by atoms with van der Waals surface area (Å²) in [6.45, 7) is 3.66. The maximum atomic E-state index is 12.4. The van der Waals surface area contributed by atoms with Crippen LogP contribution in [0.15, 0.2) is 52.5 Å². The molecule has 1 aromatic carbocycles. The summed E-state index contributed by atoms with van der Waals surface area (Å²) in [5.74, 6) is 0.0363. The molecule has 29 heavy (non-hydrogen) atoms. The number of aryl methyl sites for hydroxylation is 2. The van der Waals surface area contributed by atoms with Gasteiger partial charge in [0.25, 0.3) is 11.6 Å². The summed E-state index contributed by atoms with van der Waals surface area (Å²) in [4.78, 5) is 22.7. The Bertz CT molecular complexity index is 1160. The highest BCUT2D eigenvalue weighted by atomic mass is 35.5. The summed E-state index contributed by atoms with van der Waals surface area (Å²) in [7, 11) is 0. The molecule has 0 saturated heterocycles. The van der Waals surface area contributed by atoms with E-state index in [0.717, 1.165) is 11.4 Å². The van der Waals surface area contributed by atoms with Gasteiger partial charge in [0, 0.05) is 35.2 Å². The van der Waals surface area contributed by atoms with Crippen LogP contribution in [0, 0.1) is 35.3 Å². The molecule has 9 heteroatoms. The summed E-state index contributed by atoms with van der Waals surface area (Å²) in [6, 6.07) is 12.7. The van der Waals surface area contributed by atoms with Crippen LogP contribution in [0.25, 0.3) is 17.4 Å². The lowest BCUT2D eigenvalue weighted by Gasteiger charge is -2.10. The molecule has 0 unspecified atom stereocenters. The number of carbonyl (C=O) groups is 1. The minimum absolute atomic E-state index is 0.135. The number of nitriles is 1. The standard InChI is InChI=1S/C20H15ClN4O4/c1-12-3-4-13(2)24(12)23-20(26)14(11-22)9-16-6-8-19(29-16)17-7-5-15(25(27)28)10-18(17)21/h3-10H,1-2H3,(H,23,26)/b14-9-. The monoisotopic (exact) mass is 410 g/mol. The number of benzene rings is 1. The largest absolute Gasteiger partial charge is 0.457 e. The van der Waals surface area contributed by atoms with Crippen LogP contribution in [0.5, 0.6) is 0 Å². The van der Waals surface area contributed by atoms with Gasteiger partial charge in [-0.2, -0.15) is 5.26 Å². The Morgan fingerprint density at radius 3 is 2.52 bits per heavy atom. The van der Waals surface area contributed by atoms with Crippen LogP contribution >= 0.6 is 11.6 Å². The fraction of sp³-hybridized carbons (Fsp3) is 0.100. The first-order chi connectivity index (χ1) is 13.8. The summed E-state index contributed by atoms with van der Waals surface area (Å²) >= 11 is 6.11. The highest BCUT2D eigenvalue weighted by molar-refractivity contribution is 6.33. The molecule has 0 spiro atoms. The normalized spacial score (nSPS) is 11.2. The average Bonchev–Trinajstić information content (AvgIpc) is 3.27. The zero-order valence-electron chi connectivity index (χ0n) is 15.5. The third-order valence-corrected chi connectivity index (χ3v) is 4.50. The second kappa shape index (κ2) is 8.04. The Hall–Kier alpha value is -3.83. The van der Waals surface area contributed by atoms with Crippen molar-refractivity contribution in [1.29, 1.82) is 5.26 Å². The van der Waals surface area contributed by atoms with Gasteiger partial charge in [-0.3, -0.25) is 25.0 Å². The van der Waals surface area contributed by atoms with Gasteiger partial charge in [-0.05, 0) is 44.2 Å². The van der Waals surface area contributed by atoms with Crippen molar-refractivity contribution in [3.8, 4) is 17.4 Å². The van der Waals surface area contributed by atoms with Gasteiger partial charge in [0.15, 0.2) is 0 Å². The molecule has 0 atom stereocenters. The number of hydrogen-bond acceptors (Lipinski definition) is 5. The van der Waals surface area contributed by atoms with E-state index >= 15 is 0 Å². The van der Waals surface area contributed by atoms with Gasteiger partial charge in [-0.1, -0.05) is 11.6 Å². The summed E-state index contributed by atoms with van der Waals surface area (Å²) in [5, 5.41) is 20.3. The first kappa shape index (κ1) is 19.9. The summed E-state index contributed by atoms with van der Waals surface area (Å²) in [6.07, 6.45) is 1.31. The fourth-order valence-electron chi connectivity index (χ4n) is 2.69. The van der Waals surface area contributed by atoms with Crippen molar-refractivity contribution in [2.45, 2.75) is 13.8 Å². The molecule has 1 amide bonds. The van der Waals surface area contributed by atoms with Gasteiger partial charge in [0.05, 0.1) is 9.95 Å². The first-order valence-electron chi connectivity index (χ1n) is 8.42. The molecule has 2 heterocycles. The number of amides is 1. The van der Waals surface area contributed by atoms with E-state index in [9.17, 15) is 20.2 Å². The molecule has 0 radical (unpaired) electrons. The van der Waals surface area contributed by atoms with Gasteiger partial charge in [-0.25, -0.2) is 0 Å². The predicted molar refractivity (Wildman–Crippen MR) is 108 cm³/mol. The molecule has 0 bridgehead atoms. The zero-order chi connectivity index (χ0) is 21.1. The van der Waals surface area contributed by atoms with Gasteiger partial charge in [-0.15, -0.1) is 0 Å². The van der Waals surface area contributed by atoms with Crippen molar-refractivity contribution in [2.24, 2.45) is 0 Å². The Morgan fingerprint density at radius 1 is 1.24 bits per heavy atom. The predicted octanol–water partition coefficient (Wildman–Crippen LogP) is 4.60. The molecular weight excluding hydrogens is 396 g/mol. The maximum Gasteiger partial charge on any atom is 0.280 e. The minimum atomic E-state index is -0.582. The number of nitro benzene ring substituents is 1. The number of nitrogens with one attached hydrogen (secondary N) is 1. The molecule has 8 nitrogen and oxygen atoms in total.